The minimum absolute atomic E-state index is 0.140. The third-order valence-corrected chi connectivity index (χ3v) is 3.78. The molecular formula is C15H22FN. The molecule has 1 aliphatic rings. The van der Waals surface area contributed by atoms with Crippen molar-refractivity contribution in [3.63, 3.8) is 0 Å². The van der Waals surface area contributed by atoms with Gasteiger partial charge in [0.25, 0.3) is 0 Å². The Morgan fingerprint density at radius 3 is 2.35 bits per heavy atom. The van der Waals surface area contributed by atoms with E-state index in [9.17, 15) is 4.39 Å². The van der Waals surface area contributed by atoms with Gasteiger partial charge in [0.2, 0.25) is 0 Å². The van der Waals surface area contributed by atoms with Gasteiger partial charge in [0.05, 0.1) is 0 Å². The topological polar surface area (TPSA) is 12.0 Å². The first-order valence-corrected chi connectivity index (χ1v) is 6.59. The Kier molecular flexibility index (Phi) is 3.82. The van der Waals surface area contributed by atoms with Gasteiger partial charge in [-0.15, -0.1) is 0 Å². The zero-order valence-corrected chi connectivity index (χ0v) is 10.8. The zero-order valence-electron chi connectivity index (χ0n) is 10.8. The molecule has 0 atom stereocenters. The fourth-order valence-electron chi connectivity index (χ4n) is 2.57. The summed E-state index contributed by atoms with van der Waals surface area (Å²) in [4.78, 5) is 0. The van der Waals surface area contributed by atoms with Gasteiger partial charge in [0.1, 0.15) is 5.82 Å². The van der Waals surface area contributed by atoms with Crippen LogP contribution in [-0.4, -0.2) is 13.1 Å². The van der Waals surface area contributed by atoms with Gasteiger partial charge < -0.3 is 5.32 Å². The molecule has 0 radical (unpaired) electrons. The molecule has 1 N–H and O–H groups in total. The minimum atomic E-state index is -0.140. The molecule has 1 nitrogen and oxygen atoms in total. The molecule has 0 aliphatic heterocycles. The largest absolute Gasteiger partial charge is 0.316 e. The van der Waals surface area contributed by atoms with Crippen molar-refractivity contribution < 1.29 is 4.39 Å². The number of rotatable bonds is 5. The number of benzene rings is 1. The SMILES string of the molecule is CC(C)CNCC1(c2ccc(F)cc2)CCC1. The number of hydrogen-bond acceptors (Lipinski definition) is 1. The zero-order chi connectivity index (χ0) is 12.3. The summed E-state index contributed by atoms with van der Waals surface area (Å²) in [5, 5.41) is 3.55. The molecule has 0 bridgehead atoms. The lowest BCUT2D eigenvalue weighted by molar-refractivity contribution is 0.231. The van der Waals surface area contributed by atoms with E-state index in [0.717, 1.165) is 13.1 Å². The smallest absolute Gasteiger partial charge is 0.123 e. The van der Waals surface area contributed by atoms with Crippen LogP contribution in [0.2, 0.25) is 0 Å². The molecule has 0 amide bonds. The minimum Gasteiger partial charge on any atom is -0.316 e. The highest BCUT2D eigenvalue weighted by Crippen LogP contribution is 2.43. The molecule has 1 aromatic rings. The number of nitrogens with one attached hydrogen (secondary N) is 1. The van der Waals surface area contributed by atoms with Crippen LogP contribution in [-0.2, 0) is 5.41 Å². The van der Waals surface area contributed by atoms with Crippen molar-refractivity contribution in [3.8, 4) is 0 Å². The maximum atomic E-state index is 12.9. The van der Waals surface area contributed by atoms with Gasteiger partial charge in [-0.2, -0.15) is 0 Å². The average molecular weight is 235 g/mol. The molecule has 1 aromatic carbocycles. The van der Waals surface area contributed by atoms with E-state index in [4.69, 9.17) is 0 Å². The first kappa shape index (κ1) is 12.6. The molecule has 1 saturated carbocycles. The van der Waals surface area contributed by atoms with Crippen molar-refractivity contribution >= 4 is 0 Å². The molecule has 0 aromatic heterocycles. The molecule has 0 unspecified atom stereocenters. The fraction of sp³-hybridized carbons (Fsp3) is 0.600. The number of halogens is 1. The third kappa shape index (κ3) is 2.86. The summed E-state index contributed by atoms with van der Waals surface area (Å²) in [6.45, 7) is 6.52. The molecule has 1 aliphatic carbocycles. The van der Waals surface area contributed by atoms with Crippen LogP contribution < -0.4 is 5.32 Å². The lowest BCUT2D eigenvalue weighted by atomic mass is 9.64. The van der Waals surface area contributed by atoms with E-state index >= 15 is 0 Å². The van der Waals surface area contributed by atoms with Crippen LogP contribution in [0.5, 0.6) is 0 Å². The van der Waals surface area contributed by atoms with Gasteiger partial charge in [-0.05, 0) is 43.0 Å². The van der Waals surface area contributed by atoms with Crippen LogP contribution in [0.25, 0.3) is 0 Å². The van der Waals surface area contributed by atoms with E-state index in [1.54, 1.807) is 12.1 Å². The van der Waals surface area contributed by atoms with E-state index in [1.807, 2.05) is 12.1 Å². The molecule has 17 heavy (non-hydrogen) atoms. The van der Waals surface area contributed by atoms with Crippen molar-refractivity contribution in [2.45, 2.75) is 38.5 Å². The fourth-order valence-corrected chi connectivity index (χ4v) is 2.57. The first-order valence-electron chi connectivity index (χ1n) is 6.59. The van der Waals surface area contributed by atoms with Crippen LogP contribution in [0.3, 0.4) is 0 Å². The molecule has 0 spiro atoms. The van der Waals surface area contributed by atoms with Gasteiger partial charge in [0.15, 0.2) is 0 Å². The van der Waals surface area contributed by atoms with E-state index in [0.29, 0.717) is 5.92 Å². The van der Waals surface area contributed by atoms with Crippen LogP contribution in [0.1, 0.15) is 38.7 Å². The highest BCUT2D eigenvalue weighted by Gasteiger charge is 2.38. The Bertz CT molecular complexity index is 352. The van der Waals surface area contributed by atoms with E-state index < -0.39 is 0 Å². The van der Waals surface area contributed by atoms with Gasteiger partial charge >= 0.3 is 0 Å². The second kappa shape index (κ2) is 5.18. The Morgan fingerprint density at radius 1 is 1.24 bits per heavy atom. The van der Waals surface area contributed by atoms with Crippen molar-refractivity contribution in [2.75, 3.05) is 13.1 Å². The molecule has 0 saturated heterocycles. The van der Waals surface area contributed by atoms with E-state index in [2.05, 4.69) is 19.2 Å². The quantitative estimate of drug-likeness (QED) is 0.823. The average Bonchev–Trinajstić information content (AvgIpc) is 2.23. The van der Waals surface area contributed by atoms with Crippen molar-refractivity contribution in [2.24, 2.45) is 5.92 Å². The highest BCUT2D eigenvalue weighted by molar-refractivity contribution is 5.29. The standard InChI is InChI=1S/C15H22FN/c1-12(2)10-17-11-15(8-3-9-15)13-4-6-14(16)7-5-13/h4-7,12,17H,3,8-11H2,1-2H3. The molecule has 1 fully saturated rings. The predicted octanol–water partition coefficient (Wildman–Crippen LogP) is 3.49. The summed E-state index contributed by atoms with van der Waals surface area (Å²) in [6, 6.07) is 7.06. The summed E-state index contributed by atoms with van der Waals surface area (Å²) in [7, 11) is 0. The maximum Gasteiger partial charge on any atom is 0.123 e. The highest BCUT2D eigenvalue weighted by atomic mass is 19.1. The summed E-state index contributed by atoms with van der Waals surface area (Å²) in [6.07, 6.45) is 3.74. The Morgan fingerprint density at radius 2 is 1.88 bits per heavy atom. The van der Waals surface area contributed by atoms with Crippen LogP contribution >= 0.6 is 0 Å². The lowest BCUT2D eigenvalue weighted by Crippen LogP contribution is -2.44. The van der Waals surface area contributed by atoms with Crippen molar-refractivity contribution in [1.82, 2.24) is 5.32 Å². The second-order valence-electron chi connectivity index (χ2n) is 5.67. The van der Waals surface area contributed by atoms with Crippen LogP contribution in [0.15, 0.2) is 24.3 Å². The first-order chi connectivity index (χ1) is 8.12. The molecule has 2 rings (SSSR count). The molecule has 2 heteroatoms. The van der Waals surface area contributed by atoms with Gasteiger partial charge in [0, 0.05) is 12.0 Å². The van der Waals surface area contributed by atoms with Crippen molar-refractivity contribution in [3.05, 3.63) is 35.6 Å². The summed E-state index contributed by atoms with van der Waals surface area (Å²) < 4.78 is 12.9. The maximum absolute atomic E-state index is 12.9. The van der Waals surface area contributed by atoms with Crippen molar-refractivity contribution in [1.29, 1.82) is 0 Å². The van der Waals surface area contributed by atoms with Crippen LogP contribution in [0, 0.1) is 11.7 Å². The van der Waals surface area contributed by atoms with Crippen LogP contribution in [0.4, 0.5) is 4.39 Å². The summed E-state index contributed by atoms with van der Waals surface area (Å²) in [5.74, 6) is 0.540. The Labute approximate surface area is 103 Å². The summed E-state index contributed by atoms with van der Waals surface area (Å²) >= 11 is 0. The lowest BCUT2D eigenvalue weighted by Gasteiger charge is -2.43. The van der Waals surface area contributed by atoms with Gasteiger partial charge in [-0.25, -0.2) is 4.39 Å². The normalized spacial score (nSPS) is 18.1. The molecule has 0 heterocycles. The summed E-state index contributed by atoms with van der Waals surface area (Å²) in [5.41, 5.74) is 1.56. The monoisotopic (exact) mass is 235 g/mol. The molecule has 94 valence electrons. The second-order valence-corrected chi connectivity index (χ2v) is 5.67. The predicted molar refractivity (Wildman–Crippen MR) is 69.6 cm³/mol. The van der Waals surface area contributed by atoms with E-state index in [-0.39, 0.29) is 11.2 Å². The third-order valence-electron chi connectivity index (χ3n) is 3.78. The van der Waals surface area contributed by atoms with Gasteiger partial charge in [-0.3, -0.25) is 0 Å². The molecular weight excluding hydrogens is 213 g/mol. The van der Waals surface area contributed by atoms with E-state index in [1.165, 1.54) is 24.8 Å². The van der Waals surface area contributed by atoms with Gasteiger partial charge in [-0.1, -0.05) is 32.4 Å². The Balaban J connectivity index is 2.01. The number of hydrogen-bond donors (Lipinski definition) is 1. The Hall–Kier alpha value is -0.890.